The smallest absolute Gasteiger partial charge is 0.328 e. The quantitative estimate of drug-likeness (QED) is 0.137. The topological polar surface area (TPSA) is 182 Å². The van der Waals surface area contributed by atoms with Gasteiger partial charge in [-0.15, -0.1) is 0 Å². The van der Waals surface area contributed by atoms with Crippen molar-refractivity contribution in [3.05, 3.63) is 96.3 Å². The number of rotatable bonds is 10. The van der Waals surface area contributed by atoms with Crippen LogP contribution in [0.4, 0.5) is 26.2 Å². The number of aromatic nitrogens is 6. The average Bonchev–Trinajstić information content (AvgIpc) is 3.97. The lowest BCUT2D eigenvalue weighted by atomic mass is 9.95. The fourth-order valence-electron chi connectivity index (χ4n) is 8.61. The third-order valence-electron chi connectivity index (χ3n) is 12.3. The van der Waals surface area contributed by atoms with Crippen LogP contribution in [-0.2, 0) is 10.2 Å². The minimum absolute atomic E-state index is 0.104. The van der Waals surface area contributed by atoms with Gasteiger partial charge < -0.3 is 24.6 Å². The third kappa shape index (κ3) is 8.96. The van der Waals surface area contributed by atoms with Crippen LogP contribution in [0.5, 0.6) is 0 Å². The van der Waals surface area contributed by atoms with Crippen molar-refractivity contribution in [2.75, 3.05) is 67.1 Å². The molecule has 0 spiro atoms. The minimum atomic E-state index is -0.660. The van der Waals surface area contributed by atoms with Gasteiger partial charge in [-0.2, -0.15) is 4.98 Å². The highest BCUT2D eigenvalue weighted by molar-refractivity contribution is 6.05. The number of piperazine rings is 1. The normalized spacial score (nSPS) is 17.3. The van der Waals surface area contributed by atoms with Crippen LogP contribution in [0.3, 0.4) is 0 Å². The molecular formula is C46H51FN12O4. The number of nitrogens with one attached hydrogen (secondary N) is 3. The maximum atomic E-state index is 15.6. The summed E-state index contributed by atoms with van der Waals surface area (Å²) in [5.41, 5.74) is 6.24. The number of piperidine rings is 1. The van der Waals surface area contributed by atoms with Crippen LogP contribution in [0.25, 0.3) is 33.7 Å². The van der Waals surface area contributed by atoms with Gasteiger partial charge in [0.05, 0.1) is 35.0 Å². The number of anilines is 3. The molecule has 4 amide bonds. The number of imide groups is 1. The van der Waals surface area contributed by atoms with E-state index in [1.165, 1.54) is 12.4 Å². The van der Waals surface area contributed by atoms with E-state index in [-0.39, 0.29) is 17.8 Å². The molecule has 7 heterocycles. The minimum Gasteiger partial charge on any atom is -0.372 e. The van der Waals surface area contributed by atoms with Crippen LogP contribution in [0, 0.1) is 11.7 Å². The Morgan fingerprint density at radius 2 is 1.62 bits per heavy atom. The number of amides is 4. The molecule has 0 radical (unpaired) electrons. The van der Waals surface area contributed by atoms with Gasteiger partial charge >= 0.3 is 6.03 Å². The van der Waals surface area contributed by atoms with Gasteiger partial charge in [0, 0.05) is 92.1 Å². The number of nitrogens with zero attached hydrogens (tertiary/aromatic N) is 9. The van der Waals surface area contributed by atoms with Crippen LogP contribution in [-0.4, -0.2) is 105 Å². The Bertz CT molecular complexity index is 2620. The van der Waals surface area contributed by atoms with Crippen molar-refractivity contribution in [2.45, 2.75) is 58.4 Å². The third-order valence-corrected chi connectivity index (χ3v) is 12.3. The first-order chi connectivity index (χ1) is 30.4. The van der Waals surface area contributed by atoms with Crippen molar-refractivity contribution in [2.24, 2.45) is 5.92 Å². The molecule has 0 unspecified atom stereocenters. The Morgan fingerprint density at radius 3 is 2.30 bits per heavy atom. The number of urea groups is 1. The molecule has 2 aromatic carbocycles. The fourth-order valence-corrected chi connectivity index (χ4v) is 8.61. The molecule has 1 atom stereocenters. The van der Waals surface area contributed by atoms with Gasteiger partial charge in [0.1, 0.15) is 17.8 Å². The van der Waals surface area contributed by atoms with Crippen molar-refractivity contribution in [1.82, 2.24) is 45.6 Å². The lowest BCUT2D eigenvalue weighted by Crippen LogP contribution is -2.49. The fraction of sp³-hybridized carbons (Fsp3) is 0.391. The van der Waals surface area contributed by atoms with E-state index in [9.17, 15) is 14.4 Å². The van der Waals surface area contributed by atoms with Crippen molar-refractivity contribution in [3.8, 4) is 22.6 Å². The van der Waals surface area contributed by atoms with Crippen LogP contribution >= 0.6 is 0 Å². The number of hydrogen-bond acceptors (Lipinski definition) is 12. The van der Waals surface area contributed by atoms with Gasteiger partial charge in [-0.05, 0) is 74.2 Å². The lowest BCUT2D eigenvalue weighted by molar-refractivity contribution is -0.120. The van der Waals surface area contributed by atoms with Crippen molar-refractivity contribution >= 4 is 45.9 Å². The maximum Gasteiger partial charge on any atom is 0.328 e. The first kappa shape index (κ1) is 41.6. The number of fused-ring (bicyclic) bond motifs is 1. The average molecular weight is 855 g/mol. The van der Waals surface area contributed by atoms with E-state index in [1.54, 1.807) is 24.0 Å². The van der Waals surface area contributed by atoms with Crippen molar-refractivity contribution in [1.29, 1.82) is 0 Å². The van der Waals surface area contributed by atoms with E-state index in [2.05, 4.69) is 68.6 Å². The van der Waals surface area contributed by atoms with E-state index in [4.69, 9.17) is 9.51 Å². The molecular weight excluding hydrogens is 804 g/mol. The summed E-state index contributed by atoms with van der Waals surface area (Å²) < 4.78 is 20.9. The standard InChI is InChI=1S/C46H51FN12O4/c1-28(51-43(61)42-54-44(63-55-42)46(2,3)4)34-11-5-30(23-36(34)47)40-35-24-38(52-41(35)50-27-49-40)37-12-10-33(25-48-37)58-21-19-56(20-22-58)26-29-13-16-57(17-14-29)31-6-8-32(9-7-31)59-18-15-39(60)53-45(59)62/h5-12,23-25,27-29H,13-22,26H2,1-4H3,(H,51,61)(H,49,50,52)(H,53,60,62)/t28-/m1/s1. The van der Waals surface area contributed by atoms with Crippen molar-refractivity contribution in [3.63, 3.8) is 0 Å². The van der Waals surface area contributed by atoms with Crippen LogP contribution < -0.4 is 25.3 Å². The molecule has 3 N–H and O–H groups in total. The molecule has 16 nitrogen and oxygen atoms in total. The summed E-state index contributed by atoms with van der Waals surface area (Å²) in [6.07, 6.45) is 5.96. The van der Waals surface area contributed by atoms with Gasteiger partial charge in [0.25, 0.3) is 11.7 Å². The number of benzene rings is 2. The van der Waals surface area contributed by atoms with E-state index >= 15 is 4.39 Å². The molecule has 9 rings (SSSR count). The second kappa shape index (κ2) is 17.2. The highest BCUT2D eigenvalue weighted by atomic mass is 19.1. The summed E-state index contributed by atoms with van der Waals surface area (Å²) in [6.45, 7) is 14.8. The summed E-state index contributed by atoms with van der Waals surface area (Å²) in [5.74, 6) is -0.381. The summed E-state index contributed by atoms with van der Waals surface area (Å²) >= 11 is 0. The summed E-state index contributed by atoms with van der Waals surface area (Å²) in [5, 5.41) is 9.68. The second-order valence-electron chi connectivity index (χ2n) is 17.7. The Hall–Kier alpha value is -6.75. The van der Waals surface area contributed by atoms with Crippen LogP contribution in [0.2, 0.25) is 0 Å². The Balaban J connectivity index is 0.768. The molecule has 0 saturated carbocycles. The van der Waals surface area contributed by atoms with Crippen LogP contribution in [0.15, 0.2) is 77.7 Å². The van der Waals surface area contributed by atoms with Gasteiger partial charge in [-0.1, -0.05) is 38.1 Å². The van der Waals surface area contributed by atoms with Gasteiger partial charge in [-0.3, -0.25) is 29.7 Å². The monoisotopic (exact) mass is 854 g/mol. The SMILES string of the molecule is C[C@@H](NC(=O)c1noc(C(C)(C)C)n1)c1ccc(-c2ncnc3[nH]c(-c4ccc(N5CCN(CC6CCN(c7ccc(N8CCC(=O)NC8=O)cc7)CC6)CC5)cn4)cc23)cc1F. The first-order valence-corrected chi connectivity index (χ1v) is 21.5. The zero-order chi connectivity index (χ0) is 43.8. The van der Waals surface area contributed by atoms with E-state index in [1.807, 2.05) is 51.2 Å². The van der Waals surface area contributed by atoms with E-state index in [0.29, 0.717) is 47.2 Å². The Labute approximate surface area is 364 Å². The highest BCUT2D eigenvalue weighted by Gasteiger charge is 2.28. The highest BCUT2D eigenvalue weighted by Crippen LogP contribution is 2.33. The molecule has 3 saturated heterocycles. The molecule has 63 heavy (non-hydrogen) atoms. The number of halogens is 1. The molecule has 3 aliphatic heterocycles. The number of pyridine rings is 1. The number of carbonyl (C=O) groups excluding carboxylic acids is 3. The Kier molecular flexibility index (Phi) is 11.4. The predicted molar refractivity (Wildman–Crippen MR) is 237 cm³/mol. The maximum absolute atomic E-state index is 15.6. The first-order valence-electron chi connectivity index (χ1n) is 21.5. The Morgan fingerprint density at radius 1 is 0.889 bits per heavy atom. The molecule has 3 aliphatic rings. The molecule has 3 fully saturated rings. The molecule has 0 aliphatic carbocycles. The van der Waals surface area contributed by atoms with Crippen LogP contribution in [0.1, 0.15) is 75.1 Å². The van der Waals surface area contributed by atoms with E-state index in [0.717, 1.165) is 92.5 Å². The van der Waals surface area contributed by atoms with Crippen molar-refractivity contribution < 1.29 is 23.3 Å². The summed E-state index contributed by atoms with van der Waals surface area (Å²) in [6, 6.07) is 18.0. The lowest BCUT2D eigenvalue weighted by Gasteiger charge is -2.40. The second-order valence-corrected chi connectivity index (χ2v) is 17.7. The number of aromatic amines is 1. The number of hydrogen-bond donors (Lipinski definition) is 3. The zero-order valence-electron chi connectivity index (χ0n) is 35.9. The van der Waals surface area contributed by atoms with Gasteiger partial charge in [0.2, 0.25) is 11.8 Å². The zero-order valence-corrected chi connectivity index (χ0v) is 35.9. The molecule has 0 bridgehead atoms. The van der Waals surface area contributed by atoms with E-state index < -0.39 is 23.2 Å². The molecule has 17 heteroatoms. The summed E-state index contributed by atoms with van der Waals surface area (Å²) in [4.78, 5) is 67.0. The summed E-state index contributed by atoms with van der Waals surface area (Å²) in [7, 11) is 0. The predicted octanol–water partition coefficient (Wildman–Crippen LogP) is 6.48. The molecule has 326 valence electrons. The van der Waals surface area contributed by atoms with Gasteiger partial charge in [0.15, 0.2) is 0 Å². The van der Waals surface area contributed by atoms with Gasteiger partial charge in [-0.25, -0.2) is 19.2 Å². The number of carbonyl (C=O) groups is 3. The molecule has 4 aromatic heterocycles. The largest absolute Gasteiger partial charge is 0.372 e. The molecule has 6 aromatic rings. The number of H-pyrrole nitrogens is 1.